The predicted molar refractivity (Wildman–Crippen MR) is 156 cm³/mol. The van der Waals surface area contributed by atoms with Crippen LogP contribution < -0.4 is 0 Å². The van der Waals surface area contributed by atoms with Gasteiger partial charge in [-0.05, 0) is 43.9 Å². The molecule has 38 heavy (non-hydrogen) atoms. The molecule has 3 fully saturated rings. The van der Waals surface area contributed by atoms with Crippen LogP contribution in [0.2, 0.25) is 0 Å². The van der Waals surface area contributed by atoms with Crippen molar-refractivity contribution in [2.45, 2.75) is 57.2 Å². The average Bonchev–Trinajstić information content (AvgIpc) is 3.70. The quantitative estimate of drug-likeness (QED) is 0.362. The zero-order valence-corrected chi connectivity index (χ0v) is 24.7. The highest BCUT2D eigenvalue weighted by atomic mass is 35.5. The molecule has 0 N–H and O–H groups in total. The Bertz CT molecular complexity index is 1010. The van der Waals surface area contributed by atoms with E-state index in [9.17, 15) is 18.8 Å². The number of thioether (sulfide) groups is 1. The highest BCUT2D eigenvalue weighted by Crippen LogP contribution is 2.40. The maximum atomic E-state index is 14.8. The fourth-order valence-electron chi connectivity index (χ4n) is 5.20. The van der Waals surface area contributed by atoms with Crippen molar-refractivity contribution in [1.82, 2.24) is 14.7 Å². The van der Waals surface area contributed by atoms with Crippen LogP contribution in [0.25, 0.3) is 0 Å². The van der Waals surface area contributed by atoms with Gasteiger partial charge >= 0.3 is 0 Å². The van der Waals surface area contributed by atoms with E-state index in [2.05, 4.69) is 22.8 Å². The number of rotatable bonds is 10. The van der Waals surface area contributed by atoms with E-state index in [0.717, 1.165) is 44.3 Å². The van der Waals surface area contributed by atoms with Gasteiger partial charge < -0.3 is 4.90 Å². The average molecular weight is 589 g/mol. The number of halogens is 3. The van der Waals surface area contributed by atoms with Crippen LogP contribution in [0.4, 0.5) is 4.39 Å². The van der Waals surface area contributed by atoms with Crippen molar-refractivity contribution in [2.75, 3.05) is 45.8 Å². The van der Waals surface area contributed by atoms with E-state index in [-0.39, 0.29) is 58.6 Å². The van der Waals surface area contributed by atoms with Gasteiger partial charge in [-0.15, -0.1) is 24.8 Å². The minimum Gasteiger partial charge on any atom is -0.337 e. The zero-order chi connectivity index (χ0) is 25.7. The van der Waals surface area contributed by atoms with E-state index in [1.54, 1.807) is 25.1 Å². The summed E-state index contributed by atoms with van der Waals surface area (Å²) in [5.41, 5.74) is 1.48. The van der Waals surface area contributed by atoms with Crippen molar-refractivity contribution >= 4 is 53.4 Å². The third-order valence-corrected chi connectivity index (χ3v) is 8.55. The number of unbranched alkanes of at least 4 members (excludes halogenated alkanes) is 1. The first kappa shape index (κ1) is 32.8. The highest BCUT2D eigenvalue weighted by molar-refractivity contribution is 8.14. The third kappa shape index (κ3) is 8.52. The molecule has 1 aromatic carbocycles. The number of ketones is 1. The molecule has 2 unspecified atom stereocenters. The van der Waals surface area contributed by atoms with Gasteiger partial charge in [-0.3, -0.25) is 24.2 Å². The summed E-state index contributed by atoms with van der Waals surface area (Å²) in [6.45, 7) is 8.31. The molecule has 2 atom stereocenters. The molecular formula is C28H40Cl2FN3O3S. The van der Waals surface area contributed by atoms with Gasteiger partial charge in [0.15, 0.2) is 10.9 Å². The van der Waals surface area contributed by atoms with Crippen LogP contribution in [0.3, 0.4) is 0 Å². The number of piperidine rings is 1. The second-order valence-electron chi connectivity index (χ2n) is 10.2. The van der Waals surface area contributed by atoms with Crippen LogP contribution in [0.1, 0.15) is 57.6 Å². The molecule has 0 bridgehead atoms. The largest absolute Gasteiger partial charge is 0.337 e. The Balaban J connectivity index is 0.00000253. The van der Waals surface area contributed by atoms with Crippen molar-refractivity contribution in [3.05, 3.63) is 47.3 Å². The number of carbonyl (C=O) groups is 3. The lowest BCUT2D eigenvalue weighted by Gasteiger charge is -2.39. The van der Waals surface area contributed by atoms with E-state index >= 15 is 0 Å². The molecule has 0 spiro atoms. The lowest BCUT2D eigenvalue weighted by molar-refractivity contribution is -0.135. The molecule has 3 aliphatic rings. The molecule has 0 radical (unpaired) electrons. The lowest BCUT2D eigenvalue weighted by Crippen LogP contribution is -2.50. The monoisotopic (exact) mass is 587 g/mol. The van der Waals surface area contributed by atoms with E-state index in [1.807, 2.05) is 4.90 Å². The number of piperazine rings is 1. The molecule has 2 heterocycles. The van der Waals surface area contributed by atoms with E-state index in [0.29, 0.717) is 44.7 Å². The van der Waals surface area contributed by atoms with Crippen molar-refractivity contribution in [3.8, 4) is 0 Å². The minimum atomic E-state index is -0.617. The normalized spacial score (nSPS) is 22.5. The fourth-order valence-corrected chi connectivity index (χ4v) is 6.15. The Morgan fingerprint density at radius 3 is 2.47 bits per heavy atom. The highest BCUT2D eigenvalue weighted by Gasteiger charge is 2.41. The van der Waals surface area contributed by atoms with Crippen LogP contribution in [0.5, 0.6) is 0 Å². The molecule has 0 aromatic heterocycles. The first-order chi connectivity index (χ1) is 17.4. The van der Waals surface area contributed by atoms with Gasteiger partial charge in [0.25, 0.3) is 0 Å². The first-order valence-electron chi connectivity index (χ1n) is 13.3. The number of benzene rings is 1. The maximum Gasteiger partial charge on any atom is 0.237 e. The van der Waals surface area contributed by atoms with Crippen LogP contribution in [0, 0.1) is 11.7 Å². The summed E-state index contributed by atoms with van der Waals surface area (Å²) in [5.74, 6) is -0.122. The molecule has 4 rings (SSSR count). The number of likely N-dealkylation sites (tertiary alicyclic amines) is 1. The Morgan fingerprint density at radius 2 is 1.84 bits per heavy atom. The van der Waals surface area contributed by atoms with Gasteiger partial charge in [-0.25, -0.2) is 4.39 Å². The standard InChI is InChI=1S/C28H38FN3O3S.2ClH/c1-3-4-13-30-16-17-31(26(34)19-30)14-11-22-18-32(15-12-25(22)36-20(2)33)27(28(35)21-9-10-21)23-7-5-6-8-24(23)29;;/h5-8,11,21,25,27H,3-4,9-10,12-19H2,1-2H3;2*1H/b22-11+;;. The van der Waals surface area contributed by atoms with Gasteiger partial charge in [0, 0.05) is 56.4 Å². The van der Waals surface area contributed by atoms with E-state index in [1.165, 1.54) is 17.8 Å². The van der Waals surface area contributed by atoms with Gasteiger partial charge in [-0.2, -0.15) is 0 Å². The Morgan fingerprint density at radius 1 is 1.11 bits per heavy atom. The number of hydrogen-bond acceptors (Lipinski definition) is 6. The molecule has 10 heteroatoms. The number of hydrogen-bond donors (Lipinski definition) is 0. The summed E-state index contributed by atoms with van der Waals surface area (Å²) in [6, 6.07) is 5.96. The van der Waals surface area contributed by atoms with Crippen molar-refractivity contribution < 1.29 is 18.8 Å². The minimum absolute atomic E-state index is 0. The Hall–Kier alpha value is -1.45. The first-order valence-corrected chi connectivity index (χ1v) is 14.1. The summed E-state index contributed by atoms with van der Waals surface area (Å²) in [5, 5.41) is 0.0664. The molecule has 1 saturated carbocycles. The van der Waals surface area contributed by atoms with Gasteiger partial charge in [-0.1, -0.05) is 49.4 Å². The SMILES string of the molecule is CCCCN1CCN(C/C=C2\CN(C(C(=O)C3CC3)c3ccccc3F)CCC2SC(C)=O)C(=O)C1.Cl.Cl. The number of amides is 1. The molecule has 1 aromatic rings. The molecule has 1 aliphatic carbocycles. The van der Waals surface area contributed by atoms with Gasteiger partial charge in [0.1, 0.15) is 5.82 Å². The van der Waals surface area contributed by atoms with Crippen molar-refractivity contribution in [3.63, 3.8) is 0 Å². The number of nitrogens with zero attached hydrogens (tertiary/aromatic N) is 3. The second-order valence-corrected chi connectivity index (χ2v) is 11.6. The summed E-state index contributed by atoms with van der Waals surface area (Å²) in [4.78, 5) is 44.2. The summed E-state index contributed by atoms with van der Waals surface area (Å²) >= 11 is 1.32. The third-order valence-electron chi connectivity index (χ3n) is 7.40. The van der Waals surface area contributed by atoms with Gasteiger partial charge in [0.2, 0.25) is 5.91 Å². The lowest BCUT2D eigenvalue weighted by atomic mass is 9.93. The summed E-state index contributed by atoms with van der Waals surface area (Å²) in [7, 11) is 0. The zero-order valence-electron chi connectivity index (χ0n) is 22.3. The number of Topliss-reactive ketones (excluding diaryl/α,β-unsaturated/α-hetero) is 1. The van der Waals surface area contributed by atoms with Crippen LogP contribution in [0.15, 0.2) is 35.9 Å². The number of carbonyl (C=O) groups excluding carboxylic acids is 3. The maximum absolute atomic E-state index is 14.8. The second kappa shape index (κ2) is 15.4. The van der Waals surface area contributed by atoms with Crippen LogP contribution in [-0.4, -0.2) is 82.6 Å². The molecule has 2 saturated heterocycles. The van der Waals surface area contributed by atoms with E-state index in [4.69, 9.17) is 0 Å². The van der Waals surface area contributed by atoms with Crippen molar-refractivity contribution in [2.24, 2.45) is 5.92 Å². The molecular weight excluding hydrogens is 548 g/mol. The van der Waals surface area contributed by atoms with Crippen LogP contribution >= 0.6 is 36.6 Å². The molecule has 212 valence electrons. The molecule has 1 amide bonds. The van der Waals surface area contributed by atoms with Crippen molar-refractivity contribution in [1.29, 1.82) is 0 Å². The van der Waals surface area contributed by atoms with E-state index < -0.39 is 6.04 Å². The predicted octanol–water partition coefficient (Wildman–Crippen LogP) is 4.91. The molecule has 2 aliphatic heterocycles. The van der Waals surface area contributed by atoms with Gasteiger partial charge in [0.05, 0.1) is 12.6 Å². The molecule has 6 nitrogen and oxygen atoms in total. The summed E-state index contributed by atoms with van der Waals surface area (Å²) in [6.07, 6.45) is 6.73. The summed E-state index contributed by atoms with van der Waals surface area (Å²) < 4.78 is 14.8. The smallest absolute Gasteiger partial charge is 0.237 e. The fraction of sp³-hybridized carbons (Fsp3) is 0.607. The Kier molecular flexibility index (Phi) is 13.2. The topological polar surface area (TPSA) is 60.9 Å². The van der Waals surface area contributed by atoms with Crippen LogP contribution in [-0.2, 0) is 14.4 Å². The Labute approximate surface area is 242 Å².